The first-order valence-electron chi connectivity index (χ1n) is 6.19. The number of hydrogen-bond acceptors (Lipinski definition) is 4. The van der Waals surface area contributed by atoms with E-state index in [9.17, 15) is 4.79 Å². The van der Waals surface area contributed by atoms with Crippen LogP contribution in [0.25, 0.3) is 17.2 Å². The van der Waals surface area contributed by atoms with Gasteiger partial charge in [-0.1, -0.05) is 12.1 Å². The SMILES string of the molecule is N=C(N)C1=Cc2ccc(-c3ccoc3C(=O)O)cc2OC1. The van der Waals surface area contributed by atoms with E-state index in [4.69, 9.17) is 25.4 Å². The van der Waals surface area contributed by atoms with E-state index in [2.05, 4.69) is 0 Å². The standard InChI is InChI=1S/C15H12N2O4/c16-14(17)10-5-9-2-1-8(6-12(9)21-7-10)11-3-4-20-13(11)15(18)19/h1-6H,7H2,(H3,16,17)(H,18,19). The number of nitrogens with one attached hydrogen (secondary N) is 1. The Balaban J connectivity index is 2.04. The fraction of sp³-hybridized carbons (Fsp3) is 0.0667. The van der Waals surface area contributed by atoms with Gasteiger partial charge in [0.15, 0.2) is 0 Å². The lowest BCUT2D eigenvalue weighted by molar-refractivity contribution is 0.0663. The van der Waals surface area contributed by atoms with Crippen molar-refractivity contribution in [2.24, 2.45) is 5.73 Å². The lowest BCUT2D eigenvalue weighted by Gasteiger charge is -2.18. The molecule has 0 atom stereocenters. The van der Waals surface area contributed by atoms with Crippen molar-refractivity contribution in [2.45, 2.75) is 0 Å². The van der Waals surface area contributed by atoms with E-state index in [1.807, 2.05) is 0 Å². The van der Waals surface area contributed by atoms with Gasteiger partial charge in [-0.25, -0.2) is 4.79 Å². The number of carboxylic acids is 1. The van der Waals surface area contributed by atoms with E-state index in [0.29, 0.717) is 22.4 Å². The highest BCUT2D eigenvalue weighted by Crippen LogP contribution is 2.33. The number of benzene rings is 1. The molecule has 1 aliphatic heterocycles. The summed E-state index contributed by atoms with van der Waals surface area (Å²) in [6.07, 6.45) is 3.13. The van der Waals surface area contributed by atoms with Gasteiger partial charge >= 0.3 is 5.97 Å². The third-order valence-corrected chi connectivity index (χ3v) is 3.24. The molecule has 6 nitrogen and oxygen atoms in total. The van der Waals surface area contributed by atoms with E-state index in [1.165, 1.54) is 6.26 Å². The molecule has 106 valence electrons. The molecule has 6 heteroatoms. The lowest BCUT2D eigenvalue weighted by atomic mass is 10.0. The van der Waals surface area contributed by atoms with E-state index in [-0.39, 0.29) is 18.2 Å². The van der Waals surface area contributed by atoms with Gasteiger partial charge in [0.2, 0.25) is 5.76 Å². The predicted molar refractivity (Wildman–Crippen MR) is 76.5 cm³/mol. The van der Waals surface area contributed by atoms with Gasteiger partial charge in [0.25, 0.3) is 0 Å². The molecule has 4 N–H and O–H groups in total. The average Bonchev–Trinajstić information content (AvgIpc) is 2.95. The number of rotatable bonds is 3. The van der Waals surface area contributed by atoms with Gasteiger partial charge in [-0.05, 0) is 23.8 Å². The van der Waals surface area contributed by atoms with Gasteiger partial charge in [0.1, 0.15) is 18.2 Å². The largest absolute Gasteiger partial charge is 0.488 e. The second-order valence-corrected chi connectivity index (χ2v) is 4.59. The number of carbonyl (C=O) groups is 1. The Labute approximate surface area is 120 Å². The molecule has 2 aromatic rings. The predicted octanol–water partition coefficient (Wildman–Crippen LogP) is 2.36. The van der Waals surface area contributed by atoms with Crippen LogP contribution in [0.3, 0.4) is 0 Å². The third kappa shape index (κ3) is 2.27. The third-order valence-electron chi connectivity index (χ3n) is 3.24. The molecule has 0 fully saturated rings. The second-order valence-electron chi connectivity index (χ2n) is 4.59. The van der Waals surface area contributed by atoms with Crippen LogP contribution in [0, 0.1) is 5.41 Å². The van der Waals surface area contributed by atoms with Gasteiger partial charge in [0, 0.05) is 16.7 Å². The zero-order valence-corrected chi connectivity index (χ0v) is 10.9. The summed E-state index contributed by atoms with van der Waals surface area (Å²) in [6, 6.07) is 6.93. The summed E-state index contributed by atoms with van der Waals surface area (Å²) in [6.45, 7) is 0.225. The Bertz CT molecular complexity index is 774. The van der Waals surface area contributed by atoms with Gasteiger partial charge < -0.3 is 20.0 Å². The maximum atomic E-state index is 11.1. The lowest BCUT2D eigenvalue weighted by Crippen LogP contribution is -2.20. The molecule has 0 radical (unpaired) electrons. The molecule has 0 aliphatic carbocycles. The summed E-state index contributed by atoms with van der Waals surface area (Å²) in [4.78, 5) is 11.1. The fourth-order valence-corrected chi connectivity index (χ4v) is 2.19. The van der Waals surface area contributed by atoms with Crippen molar-refractivity contribution in [1.82, 2.24) is 0 Å². The number of aromatic carboxylic acids is 1. The molecule has 0 unspecified atom stereocenters. The Hall–Kier alpha value is -3.02. The van der Waals surface area contributed by atoms with E-state index in [0.717, 1.165) is 5.56 Å². The zero-order chi connectivity index (χ0) is 15.0. The summed E-state index contributed by atoms with van der Waals surface area (Å²) >= 11 is 0. The Morgan fingerprint density at radius 1 is 1.33 bits per heavy atom. The molecular weight excluding hydrogens is 272 g/mol. The van der Waals surface area contributed by atoms with Crippen LogP contribution in [0.5, 0.6) is 5.75 Å². The first kappa shape index (κ1) is 13.0. The number of hydrogen-bond donors (Lipinski definition) is 3. The maximum absolute atomic E-state index is 11.1. The quantitative estimate of drug-likeness (QED) is 0.592. The first-order chi connectivity index (χ1) is 10.1. The Kier molecular flexibility index (Phi) is 2.98. The highest BCUT2D eigenvalue weighted by Gasteiger charge is 2.18. The molecule has 1 aliphatic rings. The number of nitrogens with two attached hydrogens (primary N) is 1. The van der Waals surface area contributed by atoms with Gasteiger partial charge in [-0.15, -0.1) is 0 Å². The van der Waals surface area contributed by atoms with Crippen molar-refractivity contribution in [1.29, 1.82) is 5.41 Å². The normalized spacial score (nSPS) is 13.0. The Morgan fingerprint density at radius 3 is 2.86 bits per heavy atom. The molecule has 0 saturated heterocycles. The maximum Gasteiger partial charge on any atom is 0.372 e. The summed E-state index contributed by atoms with van der Waals surface area (Å²) in [5, 5.41) is 16.5. The van der Waals surface area contributed by atoms with Crippen LogP contribution in [0.1, 0.15) is 16.1 Å². The summed E-state index contributed by atoms with van der Waals surface area (Å²) in [5.41, 5.74) is 8.05. The van der Waals surface area contributed by atoms with E-state index >= 15 is 0 Å². The van der Waals surface area contributed by atoms with Crippen molar-refractivity contribution >= 4 is 17.9 Å². The van der Waals surface area contributed by atoms with Crippen LogP contribution in [-0.4, -0.2) is 23.5 Å². The number of furan rings is 1. The van der Waals surface area contributed by atoms with E-state index in [1.54, 1.807) is 30.3 Å². The molecule has 0 spiro atoms. The molecule has 0 bridgehead atoms. The highest BCUT2D eigenvalue weighted by atomic mass is 16.5. The number of ether oxygens (including phenoxy) is 1. The molecule has 1 aromatic carbocycles. The molecule has 0 saturated carbocycles. The van der Waals surface area contributed by atoms with Crippen molar-refractivity contribution in [3.05, 3.63) is 47.4 Å². The molecule has 3 rings (SSSR count). The van der Waals surface area contributed by atoms with Crippen LogP contribution in [0.15, 0.2) is 40.5 Å². The number of fused-ring (bicyclic) bond motifs is 1. The minimum absolute atomic E-state index is 0.0206. The molecular formula is C15H12N2O4. The van der Waals surface area contributed by atoms with Crippen molar-refractivity contribution in [3.63, 3.8) is 0 Å². The van der Waals surface area contributed by atoms with Crippen LogP contribution in [0.2, 0.25) is 0 Å². The topological polar surface area (TPSA) is 110 Å². The van der Waals surface area contributed by atoms with Crippen LogP contribution >= 0.6 is 0 Å². The van der Waals surface area contributed by atoms with E-state index < -0.39 is 5.97 Å². The van der Waals surface area contributed by atoms with Crippen LogP contribution in [-0.2, 0) is 0 Å². The highest BCUT2D eigenvalue weighted by molar-refractivity contribution is 6.00. The average molecular weight is 284 g/mol. The van der Waals surface area contributed by atoms with Crippen LogP contribution < -0.4 is 10.5 Å². The monoisotopic (exact) mass is 284 g/mol. The smallest absolute Gasteiger partial charge is 0.372 e. The molecule has 21 heavy (non-hydrogen) atoms. The molecule has 2 heterocycles. The van der Waals surface area contributed by atoms with Crippen molar-refractivity contribution in [3.8, 4) is 16.9 Å². The van der Waals surface area contributed by atoms with Crippen molar-refractivity contribution in [2.75, 3.05) is 6.61 Å². The minimum Gasteiger partial charge on any atom is -0.488 e. The van der Waals surface area contributed by atoms with Crippen LogP contribution in [0.4, 0.5) is 0 Å². The minimum atomic E-state index is -1.12. The second kappa shape index (κ2) is 4.82. The molecule has 0 amide bonds. The number of carboxylic acid groups (broad SMARTS) is 1. The fourth-order valence-electron chi connectivity index (χ4n) is 2.19. The van der Waals surface area contributed by atoms with Gasteiger partial charge in [-0.2, -0.15) is 0 Å². The zero-order valence-electron chi connectivity index (χ0n) is 10.9. The first-order valence-corrected chi connectivity index (χ1v) is 6.19. The van der Waals surface area contributed by atoms with Gasteiger partial charge in [0.05, 0.1) is 6.26 Å². The molecule has 1 aromatic heterocycles. The summed E-state index contributed by atoms with van der Waals surface area (Å²) in [5.74, 6) is -0.624. The summed E-state index contributed by atoms with van der Waals surface area (Å²) in [7, 11) is 0. The number of amidine groups is 1. The van der Waals surface area contributed by atoms with Crippen molar-refractivity contribution < 1.29 is 19.1 Å². The summed E-state index contributed by atoms with van der Waals surface area (Å²) < 4.78 is 10.5. The Morgan fingerprint density at radius 2 is 2.14 bits per heavy atom. The van der Waals surface area contributed by atoms with Gasteiger partial charge in [-0.3, -0.25) is 5.41 Å².